The summed E-state index contributed by atoms with van der Waals surface area (Å²) in [5, 5.41) is 9.09. The predicted octanol–water partition coefficient (Wildman–Crippen LogP) is 2.67. The minimum absolute atomic E-state index is 0.0295. The maximum atomic E-state index is 11.8. The molecule has 1 aliphatic carbocycles. The number of nitrogens with zero attached hydrogens (tertiary/aromatic N) is 2. The standard InChI is InChI=1S/C16H20N2O2/c1-2-20-16(19)12-18(14-8-9-14)15(10-11-17)13-6-4-3-5-7-13/h3-7,14-15H,2,8-10,12H2,1H3. The van der Waals surface area contributed by atoms with Gasteiger partial charge in [0.25, 0.3) is 0 Å². The van der Waals surface area contributed by atoms with Gasteiger partial charge < -0.3 is 4.74 Å². The van der Waals surface area contributed by atoms with Crippen molar-refractivity contribution in [2.24, 2.45) is 0 Å². The smallest absolute Gasteiger partial charge is 0.320 e. The van der Waals surface area contributed by atoms with Crippen molar-refractivity contribution in [1.82, 2.24) is 4.90 Å². The van der Waals surface area contributed by atoms with Crippen molar-refractivity contribution in [3.63, 3.8) is 0 Å². The first kappa shape index (κ1) is 14.5. The molecule has 0 N–H and O–H groups in total. The van der Waals surface area contributed by atoms with Crippen molar-refractivity contribution >= 4 is 5.97 Å². The maximum Gasteiger partial charge on any atom is 0.320 e. The van der Waals surface area contributed by atoms with Crippen molar-refractivity contribution in [2.45, 2.75) is 38.3 Å². The molecule has 0 bridgehead atoms. The van der Waals surface area contributed by atoms with E-state index in [2.05, 4.69) is 11.0 Å². The summed E-state index contributed by atoms with van der Waals surface area (Å²) in [5.74, 6) is -0.210. The number of rotatable bonds is 7. The molecule has 1 saturated carbocycles. The van der Waals surface area contributed by atoms with E-state index in [1.165, 1.54) is 0 Å². The number of benzene rings is 1. The molecule has 0 radical (unpaired) electrons. The second-order valence-corrected chi connectivity index (χ2v) is 5.00. The SMILES string of the molecule is CCOC(=O)CN(C1CC1)C(CC#N)c1ccccc1. The molecule has 0 heterocycles. The van der Waals surface area contributed by atoms with E-state index in [1.807, 2.05) is 37.3 Å². The fraction of sp³-hybridized carbons (Fsp3) is 0.500. The molecule has 0 amide bonds. The molecule has 2 rings (SSSR count). The van der Waals surface area contributed by atoms with E-state index in [0.29, 0.717) is 19.1 Å². The Bertz CT molecular complexity index is 477. The van der Waals surface area contributed by atoms with Gasteiger partial charge in [0.1, 0.15) is 0 Å². The van der Waals surface area contributed by atoms with Crippen molar-refractivity contribution in [3.8, 4) is 6.07 Å². The molecule has 0 spiro atoms. The number of ether oxygens (including phenoxy) is 1. The average Bonchev–Trinajstić information content (AvgIpc) is 3.28. The Morgan fingerprint density at radius 2 is 2.15 bits per heavy atom. The zero-order valence-electron chi connectivity index (χ0n) is 11.8. The molecule has 1 unspecified atom stereocenters. The van der Waals surface area contributed by atoms with Gasteiger partial charge >= 0.3 is 5.97 Å². The lowest BCUT2D eigenvalue weighted by Gasteiger charge is -2.29. The number of hydrogen-bond acceptors (Lipinski definition) is 4. The molecule has 1 aromatic rings. The Morgan fingerprint density at radius 3 is 2.70 bits per heavy atom. The zero-order valence-corrected chi connectivity index (χ0v) is 11.8. The molecule has 1 aliphatic rings. The topological polar surface area (TPSA) is 53.3 Å². The lowest BCUT2D eigenvalue weighted by Crippen LogP contribution is -2.36. The second-order valence-electron chi connectivity index (χ2n) is 5.00. The van der Waals surface area contributed by atoms with E-state index in [9.17, 15) is 4.79 Å². The number of esters is 1. The molecule has 0 aromatic heterocycles. The van der Waals surface area contributed by atoms with Crippen LogP contribution in [0.4, 0.5) is 0 Å². The van der Waals surface area contributed by atoms with E-state index in [1.54, 1.807) is 0 Å². The number of carbonyl (C=O) groups is 1. The molecule has 20 heavy (non-hydrogen) atoms. The van der Waals surface area contributed by atoms with Crippen LogP contribution in [0, 0.1) is 11.3 Å². The van der Waals surface area contributed by atoms with Crippen LogP contribution < -0.4 is 0 Å². The van der Waals surface area contributed by atoms with Crippen molar-refractivity contribution in [3.05, 3.63) is 35.9 Å². The van der Waals surface area contributed by atoms with E-state index < -0.39 is 0 Å². The van der Waals surface area contributed by atoms with Gasteiger partial charge in [-0.05, 0) is 25.3 Å². The third-order valence-electron chi connectivity index (χ3n) is 3.50. The summed E-state index contributed by atoms with van der Waals surface area (Å²) < 4.78 is 5.05. The van der Waals surface area contributed by atoms with Crippen LogP contribution in [0.25, 0.3) is 0 Å². The van der Waals surface area contributed by atoms with Crippen LogP contribution in [0.2, 0.25) is 0 Å². The average molecular weight is 272 g/mol. The van der Waals surface area contributed by atoms with Crippen molar-refractivity contribution in [2.75, 3.05) is 13.2 Å². The van der Waals surface area contributed by atoms with Gasteiger partial charge in [0.05, 0.1) is 25.6 Å². The van der Waals surface area contributed by atoms with Crippen LogP contribution in [0.1, 0.15) is 37.8 Å². The van der Waals surface area contributed by atoms with Gasteiger partial charge in [-0.25, -0.2) is 0 Å². The Kier molecular flexibility index (Phi) is 5.14. The number of hydrogen-bond donors (Lipinski definition) is 0. The Balaban J connectivity index is 2.15. The first-order valence-electron chi connectivity index (χ1n) is 7.09. The summed E-state index contributed by atoms with van der Waals surface area (Å²) in [4.78, 5) is 13.9. The Labute approximate surface area is 120 Å². The van der Waals surface area contributed by atoms with Crippen LogP contribution in [-0.4, -0.2) is 30.1 Å². The molecule has 4 heteroatoms. The number of nitriles is 1. The number of carbonyl (C=O) groups excluding carboxylic acids is 1. The predicted molar refractivity (Wildman–Crippen MR) is 75.8 cm³/mol. The lowest BCUT2D eigenvalue weighted by molar-refractivity contribution is -0.145. The highest BCUT2D eigenvalue weighted by Crippen LogP contribution is 2.35. The Hall–Kier alpha value is -1.86. The van der Waals surface area contributed by atoms with Crippen LogP contribution in [0.5, 0.6) is 0 Å². The van der Waals surface area contributed by atoms with Gasteiger partial charge in [0.15, 0.2) is 0 Å². The first-order valence-corrected chi connectivity index (χ1v) is 7.09. The largest absolute Gasteiger partial charge is 0.465 e. The Morgan fingerprint density at radius 1 is 1.45 bits per heavy atom. The molecule has 1 aromatic carbocycles. The van der Waals surface area contributed by atoms with Gasteiger partial charge in [-0.15, -0.1) is 0 Å². The summed E-state index contributed by atoms with van der Waals surface area (Å²) in [7, 11) is 0. The highest BCUT2D eigenvalue weighted by atomic mass is 16.5. The fourth-order valence-corrected chi connectivity index (χ4v) is 2.44. The van der Waals surface area contributed by atoms with E-state index >= 15 is 0 Å². The highest BCUT2D eigenvalue weighted by molar-refractivity contribution is 5.71. The van der Waals surface area contributed by atoms with Crippen molar-refractivity contribution in [1.29, 1.82) is 5.26 Å². The molecular formula is C16H20N2O2. The van der Waals surface area contributed by atoms with Crippen molar-refractivity contribution < 1.29 is 9.53 Å². The van der Waals surface area contributed by atoms with Crippen LogP contribution in [0.3, 0.4) is 0 Å². The molecule has 0 saturated heterocycles. The third-order valence-corrected chi connectivity index (χ3v) is 3.50. The summed E-state index contributed by atoms with van der Waals surface area (Å²) in [6.45, 7) is 2.47. The molecule has 4 nitrogen and oxygen atoms in total. The lowest BCUT2D eigenvalue weighted by atomic mass is 10.0. The summed E-state index contributed by atoms with van der Waals surface area (Å²) in [6, 6.07) is 12.5. The molecular weight excluding hydrogens is 252 g/mol. The van der Waals surface area contributed by atoms with Gasteiger partial charge in [-0.2, -0.15) is 5.26 Å². The quantitative estimate of drug-likeness (QED) is 0.716. The molecule has 1 fully saturated rings. The van der Waals surface area contributed by atoms with E-state index in [0.717, 1.165) is 18.4 Å². The van der Waals surface area contributed by atoms with Gasteiger partial charge in [0.2, 0.25) is 0 Å². The molecule has 1 atom stereocenters. The highest BCUT2D eigenvalue weighted by Gasteiger charge is 2.36. The van der Waals surface area contributed by atoms with Crippen LogP contribution >= 0.6 is 0 Å². The van der Waals surface area contributed by atoms with Gasteiger partial charge in [-0.3, -0.25) is 9.69 Å². The van der Waals surface area contributed by atoms with E-state index in [4.69, 9.17) is 10.00 Å². The minimum atomic E-state index is -0.210. The summed E-state index contributed by atoms with van der Waals surface area (Å²) in [5.41, 5.74) is 1.09. The first-order chi connectivity index (χ1) is 9.76. The van der Waals surface area contributed by atoms with Crippen LogP contribution in [-0.2, 0) is 9.53 Å². The monoisotopic (exact) mass is 272 g/mol. The maximum absolute atomic E-state index is 11.8. The normalized spacial score (nSPS) is 15.7. The third kappa shape index (κ3) is 3.82. The zero-order chi connectivity index (χ0) is 14.4. The van der Waals surface area contributed by atoms with Crippen LogP contribution in [0.15, 0.2) is 30.3 Å². The molecule has 106 valence electrons. The minimum Gasteiger partial charge on any atom is -0.465 e. The van der Waals surface area contributed by atoms with E-state index in [-0.39, 0.29) is 18.6 Å². The fourth-order valence-electron chi connectivity index (χ4n) is 2.44. The summed E-state index contributed by atoms with van der Waals surface area (Å²) in [6.07, 6.45) is 2.57. The van der Waals surface area contributed by atoms with Gasteiger partial charge in [0, 0.05) is 12.1 Å². The second kappa shape index (κ2) is 7.06. The summed E-state index contributed by atoms with van der Waals surface area (Å²) >= 11 is 0. The van der Waals surface area contributed by atoms with Gasteiger partial charge in [-0.1, -0.05) is 30.3 Å². The molecule has 0 aliphatic heterocycles.